The van der Waals surface area contributed by atoms with Crippen molar-refractivity contribution >= 4 is 29.9 Å². The number of hydrogen-bond acceptors (Lipinski definition) is 4. The largest absolute Gasteiger partial charge is 0.478 e. The molecule has 7 heteroatoms. The number of rotatable bonds is 2. The Labute approximate surface area is 132 Å². The second-order valence-electron chi connectivity index (χ2n) is 6.06. The molecule has 1 aromatic carbocycles. The average Bonchev–Trinajstić information content (AvgIpc) is 2.42. The standard InChI is InChI=1S/C16H16N2O5/c1-16(2,3)18-13(20)11(12(19)17-15(18)23)8-9-4-6-10(7-5-9)14(21)22/h4-8H,1-3H3,(H,21,22)(H,17,19,23). The van der Waals surface area contributed by atoms with Crippen LogP contribution >= 0.6 is 0 Å². The van der Waals surface area contributed by atoms with E-state index in [2.05, 4.69) is 5.32 Å². The maximum absolute atomic E-state index is 12.5. The molecule has 1 aliphatic heterocycles. The molecule has 0 bridgehead atoms. The normalized spacial score (nSPS) is 17.4. The van der Waals surface area contributed by atoms with Crippen LogP contribution in [0.3, 0.4) is 0 Å². The van der Waals surface area contributed by atoms with Crippen molar-refractivity contribution in [3.63, 3.8) is 0 Å². The van der Waals surface area contributed by atoms with E-state index in [0.29, 0.717) is 5.56 Å². The maximum Gasteiger partial charge on any atom is 0.335 e. The first-order valence-electron chi connectivity index (χ1n) is 6.86. The van der Waals surface area contributed by atoms with Gasteiger partial charge >= 0.3 is 12.0 Å². The van der Waals surface area contributed by atoms with Crippen LogP contribution in [0.2, 0.25) is 0 Å². The van der Waals surface area contributed by atoms with Gasteiger partial charge in [0, 0.05) is 5.54 Å². The first kappa shape index (κ1) is 16.4. The number of aromatic carboxylic acids is 1. The highest BCUT2D eigenvalue weighted by Gasteiger charge is 2.41. The molecule has 120 valence electrons. The van der Waals surface area contributed by atoms with E-state index >= 15 is 0 Å². The predicted octanol–water partition coefficient (Wildman–Crippen LogP) is 1.65. The first-order valence-corrected chi connectivity index (χ1v) is 6.86. The molecule has 0 atom stereocenters. The van der Waals surface area contributed by atoms with Gasteiger partial charge in [-0.05, 0) is 44.5 Å². The van der Waals surface area contributed by atoms with Crippen molar-refractivity contribution < 1.29 is 24.3 Å². The smallest absolute Gasteiger partial charge is 0.335 e. The Hall–Kier alpha value is -2.96. The number of barbiturate groups is 1. The molecule has 1 aliphatic rings. The van der Waals surface area contributed by atoms with Crippen LogP contribution in [-0.2, 0) is 9.59 Å². The Balaban J connectivity index is 2.40. The van der Waals surface area contributed by atoms with E-state index in [9.17, 15) is 19.2 Å². The Bertz CT molecular complexity index is 726. The maximum atomic E-state index is 12.5. The van der Waals surface area contributed by atoms with Gasteiger partial charge in [-0.3, -0.25) is 19.8 Å². The van der Waals surface area contributed by atoms with E-state index in [0.717, 1.165) is 4.90 Å². The van der Waals surface area contributed by atoms with Gasteiger partial charge in [0.1, 0.15) is 5.57 Å². The van der Waals surface area contributed by atoms with Crippen LogP contribution in [0.15, 0.2) is 29.8 Å². The summed E-state index contributed by atoms with van der Waals surface area (Å²) in [5.74, 6) is -2.53. The Kier molecular flexibility index (Phi) is 4.05. The molecule has 0 unspecified atom stereocenters. The molecule has 1 saturated heterocycles. The number of imide groups is 2. The monoisotopic (exact) mass is 316 g/mol. The van der Waals surface area contributed by atoms with Crippen molar-refractivity contribution in [2.75, 3.05) is 0 Å². The molecule has 23 heavy (non-hydrogen) atoms. The molecule has 2 N–H and O–H groups in total. The highest BCUT2D eigenvalue weighted by Crippen LogP contribution is 2.22. The van der Waals surface area contributed by atoms with Gasteiger partial charge in [-0.1, -0.05) is 12.1 Å². The molecule has 1 fully saturated rings. The summed E-state index contributed by atoms with van der Waals surface area (Å²) < 4.78 is 0. The van der Waals surface area contributed by atoms with Crippen molar-refractivity contribution in [1.82, 2.24) is 10.2 Å². The van der Waals surface area contributed by atoms with Crippen molar-refractivity contribution in [2.24, 2.45) is 0 Å². The Morgan fingerprint density at radius 3 is 2.17 bits per heavy atom. The van der Waals surface area contributed by atoms with Crippen LogP contribution in [0.4, 0.5) is 4.79 Å². The number of carboxylic acid groups (broad SMARTS) is 1. The van der Waals surface area contributed by atoms with Gasteiger partial charge in [0.05, 0.1) is 5.56 Å². The summed E-state index contributed by atoms with van der Waals surface area (Å²) in [6, 6.07) is 4.94. The molecule has 7 nitrogen and oxygen atoms in total. The molecule has 0 spiro atoms. The van der Waals surface area contributed by atoms with Crippen LogP contribution in [0.1, 0.15) is 36.7 Å². The SMILES string of the molecule is CC(C)(C)N1C(=O)NC(=O)C(=Cc2ccc(C(=O)O)cc2)C1=O. The lowest BCUT2D eigenvalue weighted by molar-refractivity contribution is -0.133. The van der Waals surface area contributed by atoms with Gasteiger partial charge < -0.3 is 5.11 Å². The average molecular weight is 316 g/mol. The predicted molar refractivity (Wildman–Crippen MR) is 81.5 cm³/mol. The minimum Gasteiger partial charge on any atom is -0.478 e. The summed E-state index contributed by atoms with van der Waals surface area (Å²) in [7, 11) is 0. The molecule has 2 rings (SSSR count). The number of benzene rings is 1. The molecule has 0 aromatic heterocycles. The third-order valence-electron chi connectivity index (χ3n) is 3.24. The van der Waals surface area contributed by atoms with E-state index in [4.69, 9.17) is 5.11 Å². The lowest BCUT2D eigenvalue weighted by Crippen LogP contribution is -2.60. The molecule has 0 radical (unpaired) electrons. The second kappa shape index (κ2) is 5.68. The van der Waals surface area contributed by atoms with E-state index in [1.165, 1.54) is 30.3 Å². The van der Waals surface area contributed by atoms with Crippen molar-refractivity contribution in [3.05, 3.63) is 41.0 Å². The van der Waals surface area contributed by atoms with Crippen LogP contribution in [0.25, 0.3) is 6.08 Å². The fourth-order valence-corrected chi connectivity index (χ4v) is 2.16. The Morgan fingerprint density at radius 2 is 1.70 bits per heavy atom. The van der Waals surface area contributed by atoms with Gasteiger partial charge in [0.25, 0.3) is 11.8 Å². The zero-order valence-electron chi connectivity index (χ0n) is 12.9. The molecule has 1 aromatic rings. The van der Waals surface area contributed by atoms with Crippen LogP contribution in [0, 0.1) is 0 Å². The highest BCUT2D eigenvalue weighted by molar-refractivity contribution is 6.31. The molecule has 0 aliphatic carbocycles. The van der Waals surface area contributed by atoms with Gasteiger partial charge in [-0.15, -0.1) is 0 Å². The lowest BCUT2D eigenvalue weighted by atomic mass is 10.0. The van der Waals surface area contributed by atoms with Gasteiger partial charge in [0.2, 0.25) is 0 Å². The van der Waals surface area contributed by atoms with E-state index in [1.807, 2.05) is 0 Å². The molecule has 4 amide bonds. The van der Waals surface area contributed by atoms with Crippen molar-refractivity contribution in [3.8, 4) is 0 Å². The van der Waals surface area contributed by atoms with Gasteiger partial charge in [0.15, 0.2) is 0 Å². The third-order valence-corrected chi connectivity index (χ3v) is 3.24. The summed E-state index contributed by atoms with van der Waals surface area (Å²) in [5, 5.41) is 11.0. The van der Waals surface area contributed by atoms with E-state index in [-0.39, 0.29) is 11.1 Å². The van der Waals surface area contributed by atoms with Crippen LogP contribution in [-0.4, -0.2) is 39.4 Å². The quantitative estimate of drug-likeness (QED) is 0.637. The van der Waals surface area contributed by atoms with Gasteiger partial charge in [-0.25, -0.2) is 9.59 Å². The lowest BCUT2D eigenvalue weighted by Gasteiger charge is -2.36. The summed E-state index contributed by atoms with van der Waals surface area (Å²) in [4.78, 5) is 48.0. The van der Waals surface area contributed by atoms with Crippen molar-refractivity contribution in [1.29, 1.82) is 0 Å². The highest BCUT2D eigenvalue weighted by atomic mass is 16.4. The molecular weight excluding hydrogens is 300 g/mol. The van der Waals surface area contributed by atoms with Crippen molar-refractivity contribution in [2.45, 2.75) is 26.3 Å². The van der Waals surface area contributed by atoms with Gasteiger partial charge in [-0.2, -0.15) is 0 Å². The number of nitrogens with one attached hydrogen (secondary N) is 1. The summed E-state index contributed by atoms with van der Waals surface area (Å²) in [5.41, 5.74) is -0.383. The van der Waals surface area contributed by atoms with Crippen LogP contribution < -0.4 is 5.32 Å². The fraction of sp³-hybridized carbons (Fsp3) is 0.250. The zero-order valence-corrected chi connectivity index (χ0v) is 12.9. The summed E-state index contributed by atoms with van der Waals surface area (Å²) >= 11 is 0. The first-order chi connectivity index (χ1) is 10.6. The number of hydrogen-bond donors (Lipinski definition) is 2. The topological polar surface area (TPSA) is 104 Å². The van der Waals surface area contributed by atoms with E-state index < -0.39 is 29.4 Å². The van der Waals surface area contributed by atoms with Crippen LogP contribution in [0.5, 0.6) is 0 Å². The summed E-state index contributed by atoms with van der Waals surface area (Å²) in [6.45, 7) is 5.04. The number of urea groups is 1. The fourth-order valence-electron chi connectivity index (χ4n) is 2.16. The Morgan fingerprint density at radius 1 is 1.13 bits per heavy atom. The minimum absolute atomic E-state index is 0.0954. The number of carboxylic acids is 1. The number of nitrogens with zero attached hydrogens (tertiary/aromatic N) is 1. The number of carbonyl (C=O) groups is 4. The molecular formula is C16H16N2O5. The third kappa shape index (κ3) is 3.28. The molecule has 0 saturated carbocycles. The zero-order chi connectivity index (χ0) is 17.4. The number of carbonyl (C=O) groups excluding carboxylic acids is 3. The summed E-state index contributed by atoms with van der Waals surface area (Å²) in [6.07, 6.45) is 1.33. The minimum atomic E-state index is -1.07. The second-order valence-corrected chi connectivity index (χ2v) is 6.06. The number of amides is 4. The van der Waals surface area contributed by atoms with E-state index in [1.54, 1.807) is 20.8 Å². The molecule has 1 heterocycles.